The molecule has 1 amide bonds. The topological polar surface area (TPSA) is 59.8 Å². The Balaban J connectivity index is 1.73. The lowest BCUT2D eigenvalue weighted by atomic mass is 10.2. The maximum absolute atomic E-state index is 13.0. The number of halogens is 1. The van der Waals surface area contributed by atoms with Crippen LogP contribution in [-0.2, 0) is 11.3 Å². The first-order valence-corrected chi connectivity index (χ1v) is 9.18. The van der Waals surface area contributed by atoms with E-state index in [0.717, 1.165) is 11.4 Å². The van der Waals surface area contributed by atoms with E-state index in [1.165, 1.54) is 36.0 Å². The van der Waals surface area contributed by atoms with Crippen LogP contribution in [0.4, 0.5) is 10.1 Å². The van der Waals surface area contributed by atoms with Gasteiger partial charge in [-0.05, 0) is 38.1 Å². The number of benzene rings is 2. The molecule has 7 heteroatoms. The number of nitrogens with one attached hydrogen (secondary N) is 1. The fourth-order valence-corrected chi connectivity index (χ4v) is 3.36. The van der Waals surface area contributed by atoms with E-state index >= 15 is 0 Å². The second kappa shape index (κ2) is 8.14. The average Bonchev–Trinajstić information content (AvgIpc) is 3.06. The quantitative estimate of drug-likeness (QED) is 0.660. The number of rotatable bonds is 6. The van der Waals surface area contributed by atoms with Gasteiger partial charge >= 0.3 is 0 Å². The van der Waals surface area contributed by atoms with Crippen LogP contribution in [0.1, 0.15) is 13.8 Å². The van der Waals surface area contributed by atoms with Crippen LogP contribution in [0.5, 0.6) is 0 Å². The standard InChI is InChI=1S/C19H19FN4OS/c1-3-24-17(14-7-5-4-6-8-14)22-23-19(24)26-13(2)18(25)21-16-11-9-15(20)10-12-16/h4-13H,3H2,1-2H3,(H,21,25)/t13-/m0/s1. The van der Waals surface area contributed by atoms with Gasteiger partial charge in [0.05, 0.1) is 5.25 Å². The largest absolute Gasteiger partial charge is 0.325 e. The zero-order valence-electron chi connectivity index (χ0n) is 14.5. The molecule has 0 aliphatic heterocycles. The molecule has 0 aliphatic rings. The summed E-state index contributed by atoms with van der Waals surface area (Å²) in [6.45, 7) is 4.52. The molecule has 0 fully saturated rings. The molecule has 0 saturated heterocycles. The summed E-state index contributed by atoms with van der Waals surface area (Å²) in [7, 11) is 0. The van der Waals surface area contributed by atoms with Crippen LogP contribution >= 0.6 is 11.8 Å². The third-order valence-electron chi connectivity index (χ3n) is 3.83. The van der Waals surface area contributed by atoms with Gasteiger partial charge in [0.15, 0.2) is 11.0 Å². The van der Waals surface area contributed by atoms with Crippen LogP contribution in [0.3, 0.4) is 0 Å². The van der Waals surface area contributed by atoms with Crippen molar-refractivity contribution in [1.82, 2.24) is 14.8 Å². The summed E-state index contributed by atoms with van der Waals surface area (Å²) in [5, 5.41) is 11.6. The maximum Gasteiger partial charge on any atom is 0.237 e. The number of thioether (sulfide) groups is 1. The number of aromatic nitrogens is 3. The Morgan fingerprint density at radius 2 is 1.85 bits per heavy atom. The summed E-state index contributed by atoms with van der Waals surface area (Å²) in [4.78, 5) is 12.4. The van der Waals surface area contributed by atoms with Gasteiger partial charge in [0.25, 0.3) is 0 Å². The van der Waals surface area contributed by atoms with E-state index in [1.54, 1.807) is 6.92 Å². The molecular formula is C19H19FN4OS. The Hall–Kier alpha value is -2.67. The molecule has 134 valence electrons. The smallest absolute Gasteiger partial charge is 0.237 e. The van der Waals surface area contributed by atoms with E-state index < -0.39 is 0 Å². The number of carbonyl (C=O) groups is 1. The van der Waals surface area contributed by atoms with Crippen LogP contribution in [0.2, 0.25) is 0 Å². The average molecular weight is 370 g/mol. The lowest BCUT2D eigenvalue weighted by Crippen LogP contribution is -2.23. The fourth-order valence-electron chi connectivity index (χ4n) is 2.45. The Morgan fingerprint density at radius 1 is 1.15 bits per heavy atom. The van der Waals surface area contributed by atoms with Crippen molar-refractivity contribution in [2.45, 2.75) is 30.8 Å². The van der Waals surface area contributed by atoms with Crippen molar-refractivity contribution in [2.24, 2.45) is 0 Å². The highest BCUT2D eigenvalue weighted by Gasteiger charge is 2.20. The predicted molar refractivity (Wildman–Crippen MR) is 101 cm³/mol. The van der Waals surface area contributed by atoms with E-state index in [0.29, 0.717) is 17.4 Å². The van der Waals surface area contributed by atoms with Gasteiger partial charge in [0.1, 0.15) is 5.82 Å². The zero-order valence-corrected chi connectivity index (χ0v) is 15.3. The van der Waals surface area contributed by atoms with E-state index in [2.05, 4.69) is 15.5 Å². The van der Waals surface area contributed by atoms with Crippen LogP contribution in [0.15, 0.2) is 59.8 Å². The second-order valence-electron chi connectivity index (χ2n) is 5.67. The lowest BCUT2D eigenvalue weighted by molar-refractivity contribution is -0.115. The van der Waals surface area contributed by atoms with Gasteiger partial charge in [-0.25, -0.2) is 4.39 Å². The van der Waals surface area contributed by atoms with Gasteiger partial charge in [-0.15, -0.1) is 10.2 Å². The Morgan fingerprint density at radius 3 is 2.50 bits per heavy atom. The molecule has 3 rings (SSSR count). The van der Waals surface area contributed by atoms with Gasteiger partial charge < -0.3 is 9.88 Å². The van der Waals surface area contributed by atoms with Crippen LogP contribution in [0, 0.1) is 5.82 Å². The third-order valence-corrected chi connectivity index (χ3v) is 4.91. The van der Waals surface area contributed by atoms with Gasteiger partial charge in [-0.3, -0.25) is 4.79 Å². The van der Waals surface area contributed by atoms with Crippen molar-refractivity contribution < 1.29 is 9.18 Å². The van der Waals surface area contributed by atoms with E-state index in [9.17, 15) is 9.18 Å². The molecule has 0 bridgehead atoms. The highest BCUT2D eigenvalue weighted by Crippen LogP contribution is 2.27. The first kappa shape index (κ1) is 18.1. The van der Waals surface area contributed by atoms with Gasteiger partial charge in [-0.2, -0.15) is 0 Å². The van der Waals surface area contributed by atoms with Crippen molar-refractivity contribution in [3.8, 4) is 11.4 Å². The molecule has 3 aromatic rings. The minimum absolute atomic E-state index is 0.173. The minimum Gasteiger partial charge on any atom is -0.325 e. The fraction of sp³-hybridized carbons (Fsp3) is 0.211. The van der Waals surface area contributed by atoms with E-state index in [-0.39, 0.29) is 17.0 Å². The molecule has 5 nitrogen and oxygen atoms in total. The minimum atomic E-state index is -0.377. The van der Waals surface area contributed by atoms with Crippen LogP contribution in [-0.4, -0.2) is 25.9 Å². The molecule has 1 N–H and O–H groups in total. The Bertz CT molecular complexity index is 880. The summed E-state index contributed by atoms with van der Waals surface area (Å²) in [5.41, 5.74) is 1.54. The number of anilines is 1. The zero-order chi connectivity index (χ0) is 18.5. The molecule has 0 aliphatic carbocycles. The van der Waals surface area contributed by atoms with Crippen molar-refractivity contribution in [1.29, 1.82) is 0 Å². The number of hydrogen-bond donors (Lipinski definition) is 1. The molecule has 1 heterocycles. The summed E-state index contributed by atoms with van der Waals surface area (Å²) < 4.78 is 14.9. The SMILES string of the molecule is CCn1c(S[C@@H](C)C(=O)Nc2ccc(F)cc2)nnc1-c1ccccc1. The number of hydrogen-bond acceptors (Lipinski definition) is 4. The molecular weight excluding hydrogens is 351 g/mol. The molecule has 0 radical (unpaired) electrons. The number of nitrogens with zero attached hydrogens (tertiary/aromatic N) is 3. The van der Waals surface area contributed by atoms with Gasteiger partial charge in [0.2, 0.25) is 5.91 Å². The summed E-state index contributed by atoms with van der Waals surface area (Å²) in [6.07, 6.45) is 0. The molecule has 1 atom stereocenters. The molecule has 2 aromatic carbocycles. The number of amides is 1. The monoisotopic (exact) mass is 370 g/mol. The van der Waals surface area contributed by atoms with E-state index in [1.807, 2.05) is 41.8 Å². The van der Waals surface area contributed by atoms with E-state index in [4.69, 9.17) is 0 Å². The summed E-state index contributed by atoms with van der Waals surface area (Å²) in [6, 6.07) is 15.5. The normalized spacial score (nSPS) is 12.0. The molecule has 0 spiro atoms. The van der Waals surface area contributed by atoms with Crippen LogP contribution in [0.25, 0.3) is 11.4 Å². The Labute approximate surface area is 155 Å². The summed E-state index contributed by atoms with van der Waals surface area (Å²) in [5.74, 6) is 0.269. The number of carbonyl (C=O) groups excluding carboxylic acids is 1. The predicted octanol–water partition coefficient (Wildman–Crippen LogP) is 4.22. The Kier molecular flexibility index (Phi) is 5.68. The highest BCUT2D eigenvalue weighted by atomic mass is 32.2. The highest BCUT2D eigenvalue weighted by molar-refractivity contribution is 8.00. The maximum atomic E-state index is 13.0. The first-order chi connectivity index (χ1) is 12.6. The molecule has 26 heavy (non-hydrogen) atoms. The van der Waals surface area contributed by atoms with Crippen molar-refractivity contribution in [3.63, 3.8) is 0 Å². The molecule has 0 unspecified atom stereocenters. The van der Waals surface area contributed by atoms with Gasteiger partial charge in [-0.1, -0.05) is 42.1 Å². The van der Waals surface area contributed by atoms with Crippen molar-refractivity contribution in [2.75, 3.05) is 5.32 Å². The second-order valence-corrected chi connectivity index (χ2v) is 6.98. The molecule has 0 saturated carbocycles. The lowest BCUT2D eigenvalue weighted by Gasteiger charge is -2.13. The van der Waals surface area contributed by atoms with Crippen molar-refractivity contribution in [3.05, 3.63) is 60.4 Å². The van der Waals surface area contributed by atoms with Crippen molar-refractivity contribution >= 4 is 23.4 Å². The molecule has 1 aromatic heterocycles. The summed E-state index contributed by atoms with van der Waals surface area (Å²) >= 11 is 1.34. The third kappa shape index (κ3) is 4.11. The van der Waals surface area contributed by atoms with Gasteiger partial charge in [0, 0.05) is 17.8 Å². The van der Waals surface area contributed by atoms with Crippen LogP contribution < -0.4 is 5.32 Å². The first-order valence-electron chi connectivity index (χ1n) is 8.30.